The summed E-state index contributed by atoms with van der Waals surface area (Å²) in [5.41, 5.74) is 2.32. The Labute approximate surface area is 111 Å². The van der Waals surface area contributed by atoms with Crippen LogP contribution >= 0.6 is 0 Å². The maximum Gasteiger partial charge on any atom is 0.274 e. The summed E-state index contributed by atoms with van der Waals surface area (Å²) in [6.45, 7) is 4.32. The maximum atomic E-state index is 12.4. The number of H-pyrrole nitrogens is 1. The van der Waals surface area contributed by atoms with Crippen LogP contribution in [0.3, 0.4) is 0 Å². The van der Waals surface area contributed by atoms with Crippen LogP contribution in [-0.2, 0) is 0 Å². The van der Waals surface area contributed by atoms with E-state index < -0.39 is 0 Å². The van der Waals surface area contributed by atoms with Gasteiger partial charge < -0.3 is 5.10 Å². The fourth-order valence-electron chi connectivity index (χ4n) is 2.43. The van der Waals surface area contributed by atoms with Crippen LogP contribution in [0, 0.1) is 16.7 Å². The highest BCUT2D eigenvalue weighted by molar-refractivity contribution is 5.62. The van der Waals surface area contributed by atoms with Crippen molar-refractivity contribution < 1.29 is 0 Å². The fourth-order valence-corrected chi connectivity index (χ4v) is 2.43. The quantitative estimate of drug-likeness (QED) is 0.894. The molecule has 0 saturated heterocycles. The number of nitrogens with one attached hydrogen (secondary N) is 1. The van der Waals surface area contributed by atoms with E-state index in [1.807, 2.05) is 12.1 Å². The molecule has 1 fully saturated rings. The summed E-state index contributed by atoms with van der Waals surface area (Å²) in [4.78, 5) is 12.4. The average Bonchev–Trinajstić information content (AvgIpc) is 2.86. The van der Waals surface area contributed by atoms with Crippen molar-refractivity contribution in [3.8, 4) is 17.2 Å². The van der Waals surface area contributed by atoms with Crippen LogP contribution in [0.25, 0.3) is 11.1 Å². The lowest BCUT2D eigenvalue weighted by Gasteiger charge is -2.03. The number of hydrogen-bond donors (Lipinski definition) is 1. The van der Waals surface area contributed by atoms with Crippen molar-refractivity contribution in [1.82, 2.24) is 9.78 Å². The van der Waals surface area contributed by atoms with Gasteiger partial charge in [0.15, 0.2) is 0 Å². The molecule has 0 aliphatic heterocycles. The first-order chi connectivity index (χ1) is 9.03. The highest BCUT2D eigenvalue weighted by atomic mass is 16.1. The molecule has 1 aromatic carbocycles. The van der Waals surface area contributed by atoms with E-state index in [0.29, 0.717) is 11.1 Å². The van der Waals surface area contributed by atoms with Crippen molar-refractivity contribution in [2.75, 3.05) is 0 Å². The zero-order valence-corrected chi connectivity index (χ0v) is 11.0. The van der Waals surface area contributed by atoms with Gasteiger partial charge in [0.1, 0.15) is 0 Å². The molecule has 1 aliphatic rings. The van der Waals surface area contributed by atoms with Crippen molar-refractivity contribution in [2.45, 2.75) is 26.3 Å². The first kappa shape index (κ1) is 11.8. The SMILES string of the molecule is CC1(C)CC1n1[nH]cc(-c2ccc(C#N)cc2)c1=O. The molecule has 4 heteroatoms. The highest BCUT2D eigenvalue weighted by Crippen LogP contribution is 2.54. The molecular formula is C15H15N3O. The molecular weight excluding hydrogens is 238 g/mol. The molecule has 96 valence electrons. The van der Waals surface area contributed by atoms with E-state index in [1.54, 1.807) is 23.0 Å². The molecule has 0 spiro atoms. The number of rotatable bonds is 2. The average molecular weight is 253 g/mol. The van der Waals surface area contributed by atoms with Crippen LogP contribution < -0.4 is 5.56 Å². The predicted molar refractivity (Wildman–Crippen MR) is 72.6 cm³/mol. The van der Waals surface area contributed by atoms with Crippen molar-refractivity contribution in [3.05, 3.63) is 46.4 Å². The van der Waals surface area contributed by atoms with Gasteiger partial charge in [-0.05, 0) is 29.5 Å². The second kappa shape index (κ2) is 3.86. The smallest absolute Gasteiger partial charge is 0.274 e. The Balaban J connectivity index is 1.98. The molecule has 0 radical (unpaired) electrons. The molecule has 1 saturated carbocycles. The van der Waals surface area contributed by atoms with E-state index in [4.69, 9.17) is 5.26 Å². The summed E-state index contributed by atoms with van der Waals surface area (Å²) in [6, 6.07) is 9.42. The van der Waals surface area contributed by atoms with E-state index in [9.17, 15) is 4.79 Å². The lowest BCUT2D eigenvalue weighted by Crippen LogP contribution is -2.18. The standard InChI is InChI=1S/C15H15N3O/c1-15(2)7-13(15)18-14(19)12(9-17-18)11-5-3-10(8-16)4-6-11/h3-6,9,13,17H,7H2,1-2H3. The number of aromatic amines is 1. The third-order valence-corrected chi connectivity index (χ3v) is 3.90. The van der Waals surface area contributed by atoms with Gasteiger partial charge >= 0.3 is 0 Å². The molecule has 1 unspecified atom stereocenters. The summed E-state index contributed by atoms with van der Waals surface area (Å²) in [5.74, 6) is 0. The summed E-state index contributed by atoms with van der Waals surface area (Å²) >= 11 is 0. The summed E-state index contributed by atoms with van der Waals surface area (Å²) in [6.07, 6.45) is 2.78. The van der Waals surface area contributed by atoms with E-state index in [-0.39, 0.29) is 17.0 Å². The number of hydrogen-bond acceptors (Lipinski definition) is 2. The van der Waals surface area contributed by atoms with E-state index in [0.717, 1.165) is 12.0 Å². The second-order valence-corrected chi connectivity index (χ2v) is 5.76. The van der Waals surface area contributed by atoms with Gasteiger partial charge in [-0.1, -0.05) is 26.0 Å². The van der Waals surface area contributed by atoms with Gasteiger partial charge in [0.25, 0.3) is 5.56 Å². The summed E-state index contributed by atoms with van der Waals surface area (Å²) < 4.78 is 1.72. The van der Waals surface area contributed by atoms with Gasteiger partial charge in [0, 0.05) is 6.20 Å². The Morgan fingerprint density at radius 1 is 1.37 bits per heavy atom. The first-order valence-corrected chi connectivity index (χ1v) is 6.33. The Bertz CT molecular complexity index is 713. The van der Waals surface area contributed by atoms with Crippen LogP contribution in [0.5, 0.6) is 0 Å². The van der Waals surface area contributed by atoms with E-state index >= 15 is 0 Å². The van der Waals surface area contributed by atoms with Gasteiger partial charge in [-0.3, -0.25) is 4.79 Å². The zero-order chi connectivity index (χ0) is 13.6. The molecule has 1 aliphatic carbocycles. The fraction of sp³-hybridized carbons (Fsp3) is 0.333. The van der Waals surface area contributed by atoms with Gasteiger partial charge in [-0.2, -0.15) is 5.26 Å². The number of nitriles is 1. The van der Waals surface area contributed by atoms with Crippen molar-refractivity contribution in [2.24, 2.45) is 5.41 Å². The van der Waals surface area contributed by atoms with Crippen molar-refractivity contribution in [1.29, 1.82) is 5.26 Å². The third-order valence-electron chi connectivity index (χ3n) is 3.90. The van der Waals surface area contributed by atoms with Gasteiger partial charge in [0.2, 0.25) is 0 Å². The van der Waals surface area contributed by atoms with E-state index in [1.165, 1.54) is 0 Å². The Morgan fingerprint density at radius 2 is 2.00 bits per heavy atom. The number of nitrogens with zero attached hydrogens (tertiary/aromatic N) is 2. The lowest BCUT2D eigenvalue weighted by molar-refractivity contribution is 0.495. The van der Waals surface area contributed by atoms with Gasteiger partial charge in [0.05, 0.1) is 23.2 Å². The number of aromatic nitrogens is 2. The highest BCUT2D eigenvalue weighted by Gasteiger charge is 2.48. The Hall–Kier alpha value is -2.28. The van der Waals surface area contributed by atoms with Gasteiger partial charge in [-0.15, -0.1) is 0 Å². The van der Waals surface area contributed by atoms with Gasteiger partial charge in [-0.25, -0.2) is 4.68 Å². The van der Waals surface area contributed by atoms with Crippen molar-refractivity contribution >= 4 is 0 Å². The Morgan fingerprint density at radius 3 is 2.53 bits per heavy atom. The summed E-state index contributed by atoms with van der Waals surface area (Å²) in [7, 11) is 0. The molecule has 0 bridgehead atoms. The molecule has 1 atom stereocenters. The molecule has 1 N–H and O–H groups in total. The van der Waals surface area contributed by atoms with Crippen LogP contribution in [0.2, 0.25) is 0 Å². The number of benzene rings is 1. The van der Waals surface area contributed by atoms with Crippen LogP contribution in [0.4, 0.5) is 0 Å². The molecule has 0 amide bonds. The molecule has 1 heterocycles. The van der Waals surface area contributed by atoms with Crippen LogP contribution in [0.15, 0.2) is 35.3 Å². The lowest BCUT2D eigenvalue weighted by atomic mass is 10.1. The monoisotopic (exact) mass is 253 g/mol. The molecule has 19 heavy (non-hydrogen) atoms. The van der Waals surface area contributed by atoms with Crippen LogP contribution in [-0.4, -0.2) is 9.78 Å². The first-order valence-electron chi connectivity index (χ1n) is 6.33. The predicted octanol–water partition coefficient (Wildman–Crippen LogP) is 2.69. The molecule has 3 rings (SSSR count). The topological polar surface area (TPSA) is 61.6 Å². The third kappa shape index (κ3) is 1.88. The van der Waals surface area contributed by atoms with E-state index in [2.05, 4.69) is 25.0 Å². The molecule has 1 aromatic heterocycles. The Kier molecular flexibility index (Phi) is 2.39. The minimum atomic E-state index is 0.0142. The van der Waals surface area contributed by atoms with Crippen molar-refractivity contribution in [3.63, 3.8) is 0 Å². The maximum absolute atomic E-state index is 12.4. The summed E-state index contributed by atoms with van der Waals surface area (Å²) in [5, 5.41) is 11.8. The largest absolute Gasteiger partial charge is 0.302 e. The normalized spacial score (nSPS) is 19.9. The molecule has 4 nitrogen and oxygen atoms in total. The minimum Gasteiger partial charge on any atom is -0.302 e. The second-order valence-electron chi connectivity index (χ2n) is 5.76. The zero-order valence-electron chi connectivity index (χ0n) is 11.0. The van der Waals surface area contributed by atoms with Crippen LogP contribution in [0.1, 0.15) is 31.9 Å². The molecule has 2 aromatic rings. The minimum absolute atomic E-state index is 0.0142.